The first-order valence-corrected chi connectivity index (χ1v) is 6.55. The van der Waals surface area contributed by atoms with Gasteiger partial charge in [0, 0.05) is 31.9 Å². The van der Waals surface area contributed by atoms with Crippen LogP contribution in [0, 0.1) is 0 Å². The fraction of sp³-hybridized carbons (Fsp3) is 0.643. The Kier molecular flexibility index (Phi) is 6.87. The Hall–Kier alpha value is -1.21. The number of aliphatic hydroxyl groups is 2. The van der Waals surface area contributed by atoms with E-state index in [-0.39, 0.29) is 26.4 Å². The van der Waals surface area contributed by atoms with E-state index in [9.17, 15) is 5.11 Å². The van der Waals surface area contributed by atoms with Gasteiger partial charge in [0.15, 0.2) is 0 Å². The van der Waals surface area contributed by atoms with E-state index in [1.54, 1.807) is 12.3 Å². The van der Waals surface area contributed by atoms with E-state index in [0.717, 1.165) is 0 Å². The molecule has 0 aliphatic carbocycles. The molecule has 20 heavy (non-hydrogen) atoms. The van der Waals surface area contributed by atoms with Crippen LogP contribution in [-0.4, -0.2) is 42.8 Å². The molecular weight excluding hydrogens is 262 g/mol. The molecule has 0 aliphatic heterocycles. The first kappa shape index (κ1) is 16.8. The predicted molar refractivity (Wildman–Crippen MR) is 73.3 cm³/mol. The second-order valence-electron chi connectivity index (χ2n) is 4.46. The zero-order valence-electron chi connectivity index (χ0n) is 12.3. The Morgan fingerprint density at radius 1 is 1.35 bits per heavy atom. The van der Waals surface area contributed by atoms with E-state index in [2.05, 4.69) is 4.98 Å². The van der Waals surface area contributed by atoms with Gasteiger partial charge in [0.1, 0.15) is 6.79 Å². The number of aromatic nitrogens is 1. The fourth-order valence-corrected chi connectivity index (χ4v) is 2.14. The molecule has 0 aromatic carbocycles. The van der Waals surface area contributed by atoms with E-state index in [0.29, 0.717) is 23.4 Å². The van der Waals surface area contributed by atoms with Gasteiger partial charge < -0.3 is 24.4 Å². The zero-order chi connectivity index (χ0) is 15.0. The standard InChI is InChI=1S/C14H23NO5/c1-4-14(17,6-8-16)12-5-7-15-13(19-3)11(12)9-20-10-18-2/h5,7,16-17H,4,6,8-10H2,1-3H3/t14-/m1/s1. The van der Waals surface area contributed by atoms with Crippen molar-refractivity contribution in [3.8, 4) is 5.88 Å². The molecule has 114 valence electrons. The lowest BCUT2D eigenvalue weighted by Crippen LogP contribution is -2.28. The molecule has 1 aromatic rings. The molecule has 1 aromatic heterocycles. The summed E-state index contributed by atoms with van der Waals surface area (Å²) in [7, 11) is 3.05. The highest BCUT2D eigenvalue weighted by molar-refractivity contribution is 5.38. The maximum Gasteiger partial charge on any atom is 0.218 e. The summed E-state index contributed by atoms with van der Waals surface area (Å²) in [6.45, 7) is 2.12. The van der Waals surface area contributed by atoms with Crippen molar-refractivity contribution >= 4 is 0 Å². The third-order valence-electron chi connectivity index (χ3n) is 3.27. The van der Waals surface area contributed by atoms with Crippen LogP contribution in [0.15, 0.2) is 12.3 Å². The van der Waals surface area contributed by atoms with Crippen LogP contribution in [0.25, 0.3) is 0 Å². The van der Waals surface area contributed by atoms with Gasteiger partial charge in [-0.05, 0) is 18.1 Å². The first-order valence-electron chi connectivity index (χ1n) is 6.55. The van der Waals surface area contributed by atoms with Crippen molar-refractivity contribution in [2.24, 2.45) is 0 Å². The number of aliphatic hydroxyl groups excluding tert-OH is 1. The molecular formula is C14H23NO5. The summed E-state index contributed by atoms with van der Waals surface area (Å²) >= 11 is 0. The highest BCUT2D eigenvalue weighted by Gasteiger charge is 2.31. The number of pyridine rings is 1. The molecule has 1 atom stereocenters. The van der Waals surface area contributed by atoms with E-state index in [1.807, 2.05) is 6.92 Å². The number of rotatable bonds is 9. The van der Waals surface area contributed by atoms with Gasteiger partial charge in [-0.2, -0.15) is 0 Å². The van der Waals surface area contributed by atoms with Gasteiger partial charge in [0.25, 0.3) is 0 Å². The largest absolute Gasteiger partial charge is 0.481 e. The molecule has 0 saturated heterocycles. The third kappa shape index (κ3) is 3.89. The molecule has 0 amide bonds. The van der Waals surface area contributed by atoms with Crippen LogP contribution >= 0.6 is 0 Å². The van der Waals surface area contributed by atoms with Crippen LogP contribution in [-0.2, 0) is 21.7 Å². The molecule has 0 saturated carbocycles. The molecule has 6 heteroatoms. The van der Waals surface area contributed by atoms with Gasteiger partial charge in [-0.15, -0.1) is 0 Å². The SMILES string of the molecule is CC[C@@](O)(CCO)c1ccnc(OC)c1COCOC. The van der Waals surface area contributed by atoms with Gasteiger partial charge in [-0.25, -0.2) is 4.98 Å². The van der Waals surface area contributed by atoms with Crippen molar-refractivity contribution < 1.29 is 24.4 Å². The third-order valence-corrected chi connectivity index (χ3v) is 3.27. The highest BCUT2D eigenvalue weighted by Crippen LogP contribution is 2.34. The van der Waals surface area contributed by atoms with Crippen molar-refractivity contribution in [1.29, 1.82) is 0 Å². The van der Waals surface area contributed by atoms with Gasteiger partial charge in [0.05, 0.1) is 19.3 Å². The van der Waals surface area contributed by atoms with Crippen molar-refractivity contribution in [3.63, 3.8) is 0 Å². The number of hydrogen-bond acceptors (Lipinski definition) is 6. The van der Waals surface area contributed by atoms with Gasteiger partial charge in [0.2, 0.25) is 5.88 Å². The van der Waals surface area contributed by atoms with Crippen molar-refractivity contribution in [3.05, 3.63) is 23.4 Å². The number of hydrogen-bond donors (Lipinski definition) is 2. The Morgan fingerprint density at radius 2 is 2.10 bits per heavy atom. The van der Waals surface area contributed by atoms with Crippen LogP contribution < -0.4 is 4.74 Å². The molecule has 0 fully saturated rings. The Bertz CT molecular complexity index is 413. The van der Waals surface area contributed by atoms with Crippen molar-refractivity contribution in [2.75, 3.05) is 27.6 Å². The molecule has 0 aliphatic rings. The Labute approximate surface area is 119 Å². The topological polar surface area (TPSA) is 81.0 Å². The normalized spacial score (nSPS) is 14.1. The van der Waals surface area contributed by atoms with Crippen LogP contribution in [0.4, 0.5) is 0 Å². The second-order valence-corrected chi connectivity index (χ2v) is 4.46. The molecule has 1 rings (SSSR count). The van der Waals surface area contributed by atoms with Crippen LogP contribution in [0.1, 0.15) is 30.9 Å². The summed E-state index contributed by atoms with van der Waals surface area (Å²) in [5.74, 6) is 0.406. The van der Waals surface area contributed by atoms with Crippen LogP contribution in [0.3, 0.4) is 0 Å². The lowest BCUT2D eigenvalue weighted by Gasteiger charge is -2.29. The molecule has 0 spiro atoms. The number of ether oxygens (including phenoxy) is 3. The minimum Gasteiger partial charge on any atom is -0.481 e. The van der Waals surface area contributed by atoms with Crippen LogP contribution in [0.2, 0.25) is 0 Å². The smallest absolute Gasteiger partial charge is 0.218 e. The molecule has 0 bridgehead atoms. The molecule has 2 N–H and O–H groups in total. The summed E-state index contributed by atoms with van der Waals surface area (Å²) in [6, 6.07) is 1.73. The number of nitrogens with zero attached hydrogens (tertiary/aromatic N) is 1. The second kappa shape index (κ2) is 8.16. The van der Waals surface area contributed by atoms with Crippen molar-refractivity contribution in [1.82, 2.24) is 4.98 Å². The van der Waals surface area contributed by atoms with Gasteiger partial charge in [-0.1, -0.05) is 6.92 Å². The summed E-state index contributed by atoms with van der Waals surface area (Å²) in [5, 5.41) is 19.9. The molecule has 0 unspecified atom stereocenters. The lowest BCUT2D eigenvalue weighted by molar-refractivity contribution is -0.0427. The molecule has 0 radical (unpaired) electrons. The van der Waals surface area contributed by atoms with E-state index in [1.165, 1.54) is 14.2 Å². The molecule has 1 heterocycles. The predicted octanol–water partition coefficient (Wildman–Crippen LogP) is 1.19. The summed E-state index contributed by atoms with van der Waals surface area (Å²) in [4.78, 5) is 4.13. The minimum absolute atomic E-state index is 0.104. The minimum atomic E-state index is -1.13. The fourth-order valence-electron chi connectivity index (χ4n) is 2.14. The Morgan fingerprint density at radius 3 is 2.65 bits per heavy atom. The highest BCUT2D eigenvalue weighted by atomic mass is 16.7. The van der Waals surface area contributed by atoms with E-state index in [4.69, 9.17) is 19.3 Å². The van der Waals surface area contributed by atoms with E-state index >= 15 is 0 Å². The average molecular weight is 285 g/mol. The maximum atomic E-state index is 10.7. The zero-order valence-corrected chi connectivity index (χ0v) is 12.3. The number of methoxy groups -OCH3 is 2. The average Bonchev–Trinajstić information content (AvgIpc) is 2.47. The monoisotopic (exact) mass is 285 g/mol. The summed E-state index contributed by atoms with van der Waals surface area (Å²) in [6.07, 6.45) is 2.29. The van der Waals surface area contributed by atoms with Gasteiger partial charge >= 0.3 is 0 Å². The molecule has 6 nitrogen and oxygen atoms in total. The summed E-state index contributed by atoms with van der Waals surface area (Å²) in [5.41, 5.74) is 0.207. The van der Waals surface area contributed by atoms with Crippen LogP contribution in [0.5, 0.6) is 5.88 Å². The first-order chi connectivity index (χ1) is 9.62. The maximum absolute atomic E-state index is 10.7. The van der Waals surface area contributed by atoms with Gasteiger partial charge in [-0.3, -0.25) is 0 Å². The van der Waals surface area contributed by atoms with E-state index < -0.39 is 5.60 Å². The quantitative estimate of drug-likeness (QED) is 0.524. The van der Waals surface area contributed by atoms with Crippen molar-refractivity contribution in [2.45, 2.75) is 32.0 Å². The Balaban J connectivity index is 3.15. The summed E-state index contributed by atoms with van der Waals surface area (Å²) < 4.78 is 15.4. The lowest BCUT2D eigenvalue weighted by atomic mass is 9.86.